The van der Waals surface area contributed by atoms with Crippen LogP contribution in [0.3, 0.4) is 0 Å². The Balaban J connectivity index is 1.63. The van der Waals surface area contributed by atoms with E-state index in [4.69, 9.17) is 4.74 Å². The number of imidazole rings is 1. The van der Waals surface area contributed by atoms with Gasteiger partial charge in [-0.25, -0.2) is 4.98 Å². The number of aryl methyl sites for hydroxylation is 2. The number of nitrogens with zero attached hydrogens (tertiary/aromatic N) is 2. The quantitative estimate of drug-likeness (QED) is 0.524. The van der Waals surface area contributed by atoms with Gasteiger partial charge in [-0.05, 0) is 49.2 Å². The zero-order valence-electron chi connectivity index (χ0n) is 14.0. The first-order chi connectivity index (χ1) is 11.7. The largest absolute Gasteiger partial charge is 0.493 e. The summed E-state index contributed by atoms with van der Waals surface area (Å²) in [6, 6.07) is 14.2. The third-order valence-corrected chi connectivity index (χ3v) is 4.95. The van der Waals surface area contributed by atoms with E-state index in [-0.39, 0.29) is 6.61 Å². The van der Waals surface area contributed by atoms with Crippen LogP contribution in [0.2, 0.25) is 0 Å². The van der Waals surface area contributed by atoms with Crippen LogP contribution in [0.15, 0.2) is 47.6 Å². The molecule has 0 bridgehead atoms. The van der Waals surface area contributed by atoms with E-state index in [0.717, 1.165) is 27.7 Å². The molecule has 0 saturated heterocycles. The Labute approximate surface area is 146 Å². The Hall–Kier alpha value is -1.98. The molecule has 4 nitrogen and oxygen atoms in total. The summed E-state index contributed by atoms with van der Waals surface area (Å²) in [5.41, 5.74) is 4.53. The van der Waals surface area contributed by atoms with Crippen molar-refractivity contribution in [1.29, 1.82) is 0 Å². The highest BCUT2D eigenvalue weighted by Crippen LogP contribution is 2.24. The van der Waals surface area contributed by atoms with E-state index in [1.807, 2.05) is 30.3 Å². The zero-order valence-corrected chi connectivity index (χ0v) is 14.8. The van der Waals surface area contributed by atoms with Crippen LogP contribution in [0, 0.1) is 13.8 Å². The molecule has 1 heterocycles. The maximum Gasteiger partial charge on any atom is 0.169 e. The molecule has 3 rings (SSSR count). The van der Waals surface area contributed by atoms with Crippen LogP contribution < -0.4 is 4.74 Å². The van der Waals surface area contributed by atoms with Crippen molar-refractivity contribution in [2.45, 2.75) is 25.5 Å². The van der Waals surface area contributed by atoms with E-state index in [0.29, 0.717) is 13.2 Å². The highest BCUT2D eigenvalue weighted by atomic mass is 32.2. The van der Waals surface area contributed by atoms with Gasteiger partial charge in [0.1, 0.15) is 5.75 Å². The maximum absolute atomic E-state index is 9.31. The fourth-order valence-corrected chi connectivity index (χ4v) is 3.43. The molecule has 0 aliphatic rings. The molecule has 3 aromatic rings. The van der Waals surface area contributed by atoms with Gasteiger partial charge in [-0.3, -0.25) is 0 Å². The number of benzene rings is 2. The monoisotopic (exact) mass is 342 g/mol. The molecule has 5 heteroatoms. The first-order valence-electron chi connectivity index (χ1n) is 8.08. The Morgan fingerprint density at radius 1 is 1.12 bits per heavy atom. The lowest BCUT2D eigenvalue weighted by Gasteiger charge is -2.09. The predicted molar refractivity (Wildman–Crippen MR) is 99.0 cm³/mol. The Morgan fingerprint density at radius 3 is 2.75 bits per heavy atom. The second-order valence-corrected chi connectivity index (χ2v) is 6.76. The van der Waals surface area contributed by atoms with Crippen LogP contribution in [0.1, 0.15) is 11.1 Å². The lowest BCUT2D eigenvalue weighted by Crippen LogP contribution is -2.06. The zero-order chi connectivity index (χ0) is 16.9. The van der Waals surface area contributed by atoms with Crippen molar-refractivity contribution in [3.05, 3.63) is 53.6 Å². The molecule has 0 fully saturated rings. The minimum Gasteiger partial charge on any atom is -0.493 e. The smallest absolute Gasteiger partial charge is 0.169 e. The number of thioether (sulfide) groups is 1. The number of hydrogen-bond acceptors (Lipinski definition) is 4. The van der Waals surface area contributed by atoms with Gasteiger partial charge in [-0.1, -0.05) is 30.0 Å². The molecule has 1 aromatic heterocycles. The Morgan fingerprint density at radius 2 is 1.96 bits per heavy atom. The first-order valence-corrected chi connectivity index (χ1v) is 9.06. The number of aliphatic hydroxyl groups excluding tert-OH is 1. The van der Waals surface area contributed by atoms with Crippen LogP contribution >= 0.6 is 11.8 Å². The van der Waals surface area contributed by atoms with E-state index in [1.54, 1.807) is 11.8 Å². The maximum atomic E-state index is 9.31. The van der Waals surface area contributed by atoms with Crippen LogP contribution in [0.25, 0.3) is 11.0 Å². The molecular weight excluding hydrogens is 320 g/mol. The van der Waals surface area contributed by atoms with E-state index < -0.39 is 0 Å². The first kappa shape index (κ1) is 16.9. The van der Waals surface area contributed by atoms with Gasteiger partial charge in [-0.2, -0.15) is 0 Å². The number of fused-ring (bicyclic) bond motifs is 1. The van der Waals surface area contributed by atoms with E-state index in [2.05, 4.69) is 35.5 Å². The predicted octanol–water partition coefficient (Wildman–Crippen LogP) is 3.82. The number of aromatic nitrogens is 2. The molecule has 0 amide bonds. The number of ether oxygens (including phenoxy) is 1. The second-order valence-electron chi connectivity index (χ2n) is 5.70. The average molecular weight is 342 g/mol. The highest BCUT2D eigenvalue weighted by molar-refractivity contribution is 7.99. The van der Waals surface area contributed by atoms with E-state index in [9.17, 15) is 5.11 Å². The lowest BCUT2D eigenvalue weighted by atomic mass is 10.1. The Bertz CT molecular complexity index is 829. The molecule has 0 aliphatic carbocycles. The van der Waals surface area contributed by atoms with Crippen molar-refractivity contribution in [3.8, 4) is 5.75 Å². The molecule has 126 valence electrons. The van der Waals surface area contributed by atoms with Gasteiger partial charge in [0.05, 0.1) is 24.2 Å². The summed E-state index contributed by atoms with van der Waals surface area (Å²) in [7, 11) is 0. The van der Waals surface area contributed by atoms with Crippen molar-refractivity contribution < 1.29 is 9.84 Å². The van der Waals surface area contributed by atoms with Crippen molar-refractivity contribution >= 4 is 22.8 Å². The molecule has 0 saturated carbocycles. The molecule has 0 radical (unpaired) electrons. The van der Waals surface area contributed by atoms with E-state index in [1.165, 1.54) is 11.1 Å². The summed E-state index contributed by atoms with van der Waals surface area (Å²) in [6.45, 7) is 5.47. The van der Waals surface area contributed by atoms with Gasteiger partial charge in [0.2, 0.25) is 0 Å². The van der Waals surface area contributed by atoms with Gasteiger partial charge in [0.15, 0.2) is 5.16 Å². The van der Waals surface area contributed by atoms with Gasteiger partial charge < -0.3 is 14.4 Å². The number of hydrogen-bond donors (Lipinski definition) is 1. The third kappa shape index (κ3) is 3.74. The van der Waals surface area contributed by atoms with Crippen LogP contribution in [0.4, 0.5) is 0 Å². The van der Waals surface area contributed by atoms with Crippen LogP contribution in [-0.2, 0) is 6.54 Å². The molecule has 0 aliphatic heterocycles. The fraction of sp³-hybridized carbons (Fsp3) is 0.316. The second kappa shape index (κ2) is 7.73. The van der Waals surface area contributed by atoms with Crippen molar-refractivity contribution in [3.63, 3.8) is 0 Å². The highest BCUT2D eigenvalue weighted by Gasteiger charge is 2.10. The Kier molecular flexibility index (Phi) is 5.43. The van der Waals surface area contributed by atoms with Crippen molar-refractivity contribution in [2.75, 3.05) is 19.0 Å². The van der Waals surface area contributed by atoms with Crippen molar-refractivity contribution in [1.82, 2.24) is 9.55 Å². The lowest BCUT2D eigenvalue weighted by molar-refractivity contribution is 0.273. The van der Waals surface area contributed by atoms with Crippen molar-refractivity contribution in [2.24, 2.45) is 0 Å². The number of aliphatic hydroxyl groups is 1. The number of rotatable bonds is 7. The van der Waals surface area contributed by atoms with Crippen LogP contribution in [0.5, 0.6) is 5.75 Å². The van der Waals surface area contributed by atoms with Gasteiger partial charge in [0, 0.05) is 12.3 Å². The molecule has 2 aromatic carbocycles. The minimum absolute atomic E-state index is 0.104. The summed E-state index contributed by atoms with van der Waals surface area (Å²) < 4.78 is 7.90. The minimum atomic E-state index is 0.104. The van der Waals surface area contributed by atoms with Crippen LogP contribution in [-0.4, -0.2) is 33.6 Å². The summed E-state index contributed by atoms with van der Waals surface area (Å²) >= 11 is 1.66. The average Bonchev–Trinajstić information content (AvgIpc) is 2.93. The topological polar surface area (TPSA) is 47.3 Å². The standard InChI is InChI=1S/C19H22N2O2S/c1-14-7-8-16(13-15(14)2)23-11-12-24-19-20-17-5-3-4-6-18(17)21(19)9-10-22/h3-8,13,22H,9-12H2,1-2H3. The van der Waals surface area contributed by atoms with Gasteiger partial charge in [-0.15, -0.1) is 0 Å². The molecule has 1 N–H and O–H groups in total. The van der Waals surface area contributed by atoms with E-state index >= 15 is 0 Å². The molecule has 0 atom stereocenters. The normalized spacial score (nSPS) is 11.1. The summed E-state index contributed by atoms with van der Waals surface area (Å²) in [5.74, 6) is 1.71. The summed E-state index contributed by atoms with van der Waals surface area (Å²) in [6.07, 6.45) is 0. The summed E-state index contributed by atoms with van der Waals surface area (Å²) in [5, 5.41) is 10.2. The fourth-order valence-electron chi connectivity index (χ4n) is 2.58. The molecule has 24 heavy (non-hydrogen) atoms. The summed E-state index contributed by atoms with van der Waals surface area (Å²) in [4.78, 5) is 4.66. The molecule has 0 spiro atoms. The molecular formula is C19H22N2O2S. The SMILES string of the molecule is Cc1ccc(OCCSc2nc3ccccc3n2CCO)cc1C. The third-order valence-electron chi connectivity index (χ3n) is 4.00. The van der Waals surface area contributed by atoms with Gasteiger partial charge in [0.25, 0.3) is 0 Å². The molecule has 0 unspecified atom stereocenters. The number of para-hydroxylation sites is 2. The van der Waals surface area contributed by atoms with Gasteiger partial charge >= 0.3 is 0 Å².